The first-order valence-corrected chi connectivity index (χ1v) is 6.39. The van der Waals surface area contributed by atoms with E-state index in [1.54, 1.807) is 0 Å². The third-order valence-corrected chi connectivity index (χ3v) is 3.31. The summed E-state index contributed by atoms with van der Waals surface area (Å²) in [7, 11) is 0. The number of nitrogens with one attached hydrogen (secondary N) is 1. The van der Waals surface area contributed by atoms with Gasteiger partial charge in [-0.25, -0.2) is 0 Å². The molecule has 0 radical (unpaired) electrons. The van der Waals surface area contributed by atoms with Crippen molar-refractivity contribution in [3.63, 3.8) is 0 Å². The average molecular weight is 312 g/mol. The highest BCUT2D eigenvalue weighted by atomic mass is 35.5. The largest absolute Gasteiger partial charge is 0.368 e. The van der Waals surface area contributed by atoms with Crippen LogP contribution >= 0.6 is 24.8 Å². The number of pyridine rings is 1. The van der Waals surface area contributed by atoms with Crippen LogP contribution in [0.4, 0.5) is 5.69 Å². The Hall–Kier alpha value is -1.29. The maximum Gasteiger partial charge on any atom is 0.0559 e. The summed E-state index contributed by atoms with van der Waals surface area (Å²) in [5.41, 5.74) is 3.63. The summed E-state index contributed by atoms with van der Waals surface area (Å²) in [5, 5.41) is 3.37. The third kappa shape index (κ3) is 3.85. The first-order chi connectivity index (χ1) is 8.93. The highest BCUT2D eigenvalue weighted by molar-refractivity contribution is 5.85. The highest BCUT2D eigenvalue weighted by Gasteiger charge is 2.11. The van der Waals surface area contributed by atoms with Crippen molar-refractivity contribution in [3.05, 3.63) is 48.8 Å². The Morgan fingerprint density at radius 2 is 1.60 bits per heavy atom. The van der Waals surface area contributed by atoms with E-state index in [4.69, 9.17) is 0 Å². The Kier molecular flexibility index (Phi) is 6.79. The van der Waals surface area contributed by atoms with Crippen molar-refractivity contribution in [2.24, 2.45) is 0 Å². The van der Waals surface area contributed by atoms with Gasteiger partial charge < -0.3 is 10.2 Å². The predicted octanol–water partition coefficient (Wildman–Crippen LogP) is 3.00. The van der Waals surface area contributed by atoms with E-state index in [9.17, 15) is 0 Å². The van der Waals surface area contributed by atoms with Crippen LogP contribution in [0.25, 0.3) is 11.1 Å². The quantitative estimate of drug-likeness (QED) is 0.924. The minimum atomic E-state index is 0. The zero-order valence-electron chi connectivity index (χ0n) is 11.2. The maximum atomic E-state index is 4.37. The van der Waals surface area contributed by atoms with Crippen LogP contribution in [0.5, 0.6) is 0 Å². The molecule has 0 spiro atoms. The van der Waals surface area contributed by atoms with Crippen LogP contribution in [0.1, 0.15) is 0 Å². The van der Waals surface area contributed by atoms with Gasteiger partial charge in [-0.3, -0.25) is 4.98 Å². The summed E-state index contributed by atoms with van der Waals surface area (Å²) in [6.45, 7) is 4.21. The maximum absolute atomic E-state index is 4.37. The summed E-state index contributed by atoms with van der Waals surface area (Å²) in [5.74, 6) is 0. The van der Waals surface area contributed by atoms with Gasteiger partial charge in [-0.15, -0.1) is 24.8 Å². The smallest absolute Gasteiger partial charge is 0.0559 e. The van der Waals surface area contributed by atoms with Crippen molar-refractivity contribution in [2.75, 3.05) is 31.1 Å². The zero-order chi connectivity index (χ0) is 12.2. The van der Waals surface area contributed by atoms with Gasteiger partial charge in [-0.05, 0) is 11.6 Å². The van der Waals surface area contributed by atoms with Gasteiger partial charge in [-0.1, -0.05) is 30.3 Å². The second-order valence-electron chi connectivity index (χ2n) is 4.53. The van der Waals surface area contributed by atoms with Crippen molar-refractivity contribution >= 4 is 30.5 Å². The molecule has 3 rings (SSSR count). The van der Waals surface area contributed by atoms with E-state index < -0.39 is 0 Å². The lowest BCUT2D eigenvalue weighted by Gasteiger charge is -2.29. The fourth-order valence-electron chi connectivity index (χ4n) is 2.31. The molecule has 1 N–H and O–H groups in total. The van der Waals surface area contributed by atoms with Gasteiger partial charge in [0.25, 0.3) is 0 Å². The number of hydrogen-bond donors (Lipinski definition) is 1. The van der Waals surface area contributed by atoms with Crippen molar-refractivity contribution < 1.29 is 0 Å². The lowest BCUT2D eigenvalue weighted by molar-refractivity contribution is 0.589. The van der Waals surface area contributed by atoms with Gasteiger partial charge in [0.05, 0.1) is 11.9 Å². The SMILES string of the molecule is Cl.Cl.c1ccc(-c2cncc(N3CCNCC3)c2)cc1. The van der Waals surface area contributed by atoms with Crippen molar-refractivity contribution in [1.82, 2.24) is 10.3 Å². The van der Waals surface area contributed by atoms with E-state index in [0.717, 1.165) is 26.2 Å². The van der Waals surface area contributed by atoms with E-state index in [1.165, 1.54) is 16.8 Å². The monoisotopic (exact) mass is 311 g/mol. The molecule has 108 valence electrons. The Balaban J connectivity index is 0.000001000. The summed E-state index contributed by atoms with van der Waals surface area (Å²) >= 11 is 0. The molecule has 0 bridgehead atoms. The number of anilines is 1. The summed E-state index contributed by atoms with van der Waals surface area (Å²) in [6, 6.07) is 12.6. The van der Waals surface area contributed by atoms with Gasteiger partial charge in [0, 0.05) is 37.9 Å². The Morgan fingerprint density at radius 1 is 0.900 bits per heavy atom. The van der Waals surface area contributed by atoms with Crippen molar-refractivity contribution in [3.8, 4) is 11.1 Å². The van der Waals surface area contributed by atoms with Gasteiger partial charge in [0.1, 0.15) is 0 Å². The van der Waals surface area contributed by atoms with Gasteiger partial charge >= 0.3 is 0 Å². The van der Waals surface area contributed by atoms with Gasteiger partial charge in [0.15, 0.2) is 0 Å². The van der Waals surface area contributed by atoms with Crippen molar-refractivity contribution in [2.45, 2.75) is 0 Å². The van der Waals surface area contributed by atoms with Crippen LogP contribution in [0.3, 0.4) is 0 Å². The Bertz CT molecular complexity index is 514. The summed E-state index contributed by atoms with van der Waals surface area (Å²) in [4.78, 5) is 6.76. The van der Waals surface area contributed by atoms with Crippen LogP contribution in [0.15, 0.2) is 48.8 Å². The fraction of sp³-hybridized carbons (Fsp3) is 0.267. The molecule has 20 heavy (non-hydrogen) atoms. The number of aromatic nitrogens is 1. The number of piperazine rings is 1. The van der Waals surface area contributed by atoms with Crippen molar-refractivity contribution in [1.29, 1.82) is 0 Å². The molecule has 2 heterocycles. The van der Waals surface area contributed by atoms with E-state index in [-0.39, 0.29) is 24.8 Å². The molecule has 1 aliphatic heterocycles. The molecule has 1 fully saturated rings. The minimum Gasteiger partial charge on any atom is -0.368 e. The van der Waals surface area contributed by atoms with Crippen LogP contribution in [0, 0.1) is 0 Å². The molecule has 1 aromatic heterocycles. The van der Waals surface area contributed by atoms with E-state index in [1.807, 2.05) is 18.5 Å². The lowest BCUT2D eigenvalue weighted by Crippen LogP contribution is -2.43. The van der Waals surface area contributed by atoms with Crippen LogP contribution < -0.4 is 10.2 Å². The standard InChI is InChI=1S/C15H17N3.2ClH/c1-2-4-13(5-3-1)14-10-15(12-17-11-14)18-8-6-16-7-9-18;;/h1-5,10-12,16H,6-9H2;2*1H. The van der Waals surface area contributed by atoms with E-state index in [0.29, 0.717) is 0 Å². The molecule has 0 unspecified atom stereocenters. The molecule has 2 aromatic rings. The van der Waals surface area contributed by atoms with E-state index in [2.05, 4.69) is 45.5 Å². The first-order valence-electron chi connectivity index (χ1n) is 6.39. The third-order valence-electron chi connectivity index (χ3n) is 3.31. The topological polar surface area (TPSA) is 28.2 Å². The predicted molar refractivity (Wildman–Crippen MR) is 89.3 cm³/mol. The van der Waals surface area contributed by atoms with Crippen LogP contribution in [-0.2, 0) is 0 Å². The molecule has 1 saturated heterocycles. The molecular weight excluding hydrogens is 293 g/mol. The molecular formula is C15H19Cl2N3. The summed E-state index contributed by atoms with van der Waals surface area (Å²) < 4.78 is 0. The molecule has 0 saturated carbocycles. The number of halogens is 2. The number of benzene rings is 1. The van der Waals surface area contributed by atoms with Crippen LogP contribution in [0.2, 0.25) is 0 Å². The number of rotatable bonds is 2. The Morgan fingerprint density at radius 3 is 2.30 bits per heavy atom. The summed E-state index contributed by atoms with van der Waals surface area (Å²) in [6.07, 6.45) is 3.89. The van der Waals surface area contributed by atoms with Crippen LogP contribution in [-0.4, -0.2) is 31.2 Å². The molecule has 3 nitrogen and oxygen atoms in total. The number of nitrogens with zero attached hydrogens (tertiary/aromatic N) is 2. The lowest BCUT2D eigenvalue weighted by atomic mass is 10.1. The Labute approximate surface area is 132 Å². The molecule has 0 amide bonds. The molecule has 0 aliphatic carbocycles. The molecule has 5 heteroatoms. The zero-order valence-corrected chi connectivity index (χ0v) is 12.8. The second-order valence-corrected chi connectivity index (χ2v) is 4.53. The average Bonchev–Trinajstić information content (AvgIpc) is 2.49. The fourth-order valence-corrected chi connectivity index (χ4v) is 2.31. The van der Waals surface area contributed by atoms with Gasteiger partial charge in [0.2, 0.25) is 0 Å². The second kappa shape index (κ2) is 8.10. The molecule has 1 aromatic carbocycles. The molecule has 1 aliphatic rings. The first kappa shape index (κ1) is 16.8. The highest BCUT2D eigenvalue weighted by Crippen LogP contribution is 2.23. The van der Waals surface area contributed by atoms with E-state index >= 15 is 0 Å². The molecule has 0 atom stereocenters. The van der Waals surface area contributed by atoms with Gasteiger partial charge in [-0.2, -0.15) is 0 Å². The normalized spacial score (nSPS) is 14.1. The number of hydrogen-bond acceptors (Lipinski definition) is 3. The minimum absolute atomic E-state index is 0.